The Morgan fingerprint density at radius 3 is 2.57 bits per heavy atom. The number of halogens is 2. The van der Waals surface area contributed by atoms with Crippen LogP contribution >= 0.6 is 43.2 Å². The van der Waals surface area contributed by atoms with Crippen LogP contribution in [-0.2, 0) is 4.74 Å². The lowest BCUT2D eigenvalue weighted by Crippen LogP contribution is -2.13. The molecule has 0 saturated carbocycles. The summed E-state index contributed by atoms with van der Waals surface area (Å²) in [5.74, 6) is -0.651. The molecule has 0 atom stereocenters. The van der Waals surface area contributed by atoms with Gasteiger partial charge in [-0.1, -0.05) is 6.07 Å². The Morgan fingerprint density at radius 1 is 1.29 bits per heavy atom. The van der Waals surface area contributed by atoms with E-state index >= 15 is 0 Å². The first-order valence-electron chi connectivity index (χ1n) is 5.88. The summed E-state index contributed by atoms with van der Waals surface area (Å²) in [6.07, 6.45) is 0. The van der Waals surface area contributed by atoms with Gasteiger partial charge < -0.3 is 10.1 Å². The third-order valence-corrected chi connectivity index (χ3v) is 6.11. The van der Waals surface area contributed by atoms with Gasteiger partial charge in [-0.2, -0.15) is 0 Å². The molecule has 0 aliphatic carbocycles. The number of ether oxygens (including phenoxy) is 1. The fraction of sp³-hybridized carbons (Fsp3) is 0.143. The number of hydrogen-bond acceptors (Lipinski definition) is 4. The van der Waals surface area contributed by atoms with E-state index < -0.39 is 5.97 Å². The van der Waals surface area contributed by atoms with Crippen LogP contribution < -0.4 is 5.32 Å². The molecule has 1 aromatic heterocycles. The van der Waals surface area contributed by atoms with Crippen LogP contribution in [0.1, 0.15) is 25.6 Å². The number of esters is 1. The van der Waals surface area contributed by atoms with E-state index in [4.69, 9.17) is 4.74 Å². The average molecular weight is 433 g/mol. The molecule has 21 heavy (non-hydrogen) atoms. The van der Waals surface area contributed by atoms with Crippen LogP contribution in [0.5, 0.6) is 0 Å². The van der Waals surface area contributed by atoms with Crippen molar-refractivity contribution in [3.8, 4) is 0 Å². The number of methoxy groups -OCH3 is 1. The van der Waals surface area contributed by atoms with Crippen molar-refractivity contribution in [1.29, 1.82) is 0 Å². The molecule has 1 amide bonds. The lowest BCUT2D eigenvalue weighted by Gasteiger charge is -2.10. The van der Waals surface area contributed by atoms with Crippen LogP contribution in [0.15, 0.2) is 32.5 Å². The first-order valence-corrected chi connectivity index (χ1v) is 8.28. The van der Waals surface area contributed by atoms with Gasteiger partial charge in [0.2, 0.25) is 0 Å². The molecular formula is C14H11Br2NO3S. The van der Waals surface area contributed by atoms with Crippen molar-refractivity contribution in [2.75, 3.05) is 12.4 Å². The number of rotatable bonds is 3. The van der Waals surface area contributed by atoms with Gasteiger partial charge >= 0.3 is 5.97 Å². The molecule has 0 bridgehead atoms. The maximum absolute atomic E-state index is 12.2. The maximum Gasteiger partial charge on any atom is 0.338 e. The van der Waals surface area contributed by atoms with Crippen LogP contribution in [-0.4, -0.2) is 19.0 Å². The molecule has 0 aliphatic heterocycles. The molecular weight excluding hydrogens is 422 g/mol. The summed E-state index contributed by atoms with van der Waals surface area (Å²) in [4.78, 5) is 24.4. The highest BCUT2D eigenvalue weighted by molar-refractivity contribution is 9.13. The minimum absolute atomic E-state index is 0.225. The van der Waals surface area contributed by atoms with Crippen molar-refractivity contribution < 1.29 is 14.3 Å². The van der Waals surface area contributed by atoms with Crippen LogP contribution in [0.4, 0.5) is 5.69 Å². The number of benzene rings is 1. The number of carbonyl (C=O) groups excluding carboxylic acids is 2. The van der Waals surface area contributed by atoms with Crippen molar-refractivity contribution in [2.24, 2.45) is 0 Å². The molecule has 0 unspecified atom stereocenters. The molecule has 0 radical (unpaired) electrons. The molecule has 1 heterocycles. The zero-order chi connectivity index (χ0) is 15.6. The van der Waals surface area contributed by atoms with Gasteiger partial charge in [-0.15, -0.1) is 11.3 Å². The summed E-state index contributed by atoms with van der Waals surface area (Å²) in [7, 11) is 1.33. The number of hydrogen-bond donors (Lipinski definition) is 1. The van der Waals surface area contributed by atoms with E-state index in [2.05, 4.69) is 37.2 Å². The predicted molar refractivity (Wildman–Crippen MR) is 90.2 cm³/mol. The summed E-state index contributed by atoms with van der Waals surface area (Å²) in [5.41, 5.74) is 1.69. The molecule has 1 aromatic carbocycles. The summed E-state index contributed by atoms with van der Waals surface area (Å²) in [5, 5.41) is 2.81. The smallest absolute Gasteiger partial charge is 0.338 e. The Kier molecular flexibility index (Phi) is 5.18. The van der Waals surface area contributed by atoms with Crippen LogP contribution in [0.3, 0.4) is 0 Å². The Morgan fingerprint density at radius 2 is 2.00 bits per heavy atom. The van der Waals surface area contributed by atoms with E-state index in [0.717, 1.165) is 8.26 Å². The summed E-state index contributed by atoms with van der Waals surface area (Å²) in [6, 6.07) is 6.85. The van der Waals surface area contributed by atoms with Gasteiger partial charge in [0.25, 0.3) is 5.91 Å². The highest BCUT2D eigenvalue weighted by Crippen LogP contribution is 2.33. The predicted octanol–water partition coefficient (Wildman–Crippen LogP) is 4.62. The minimum atomic E-state index is -0.426. The van der Waals surface area contributed by atoms with E-state index in [0.29, 0.717) is 21.7 Å². The van der Waals surface area contributed by atoms with Gasteiger partial charge in [0, 0.05) is 10.2 Å². The van der Waals surface area contributed by atoms with Gasteiger partial charge in [0.1, 0.15) is 0 Å². The van der Waals surface area contributed by atoms with Crippen LogP contribution in [0.25, 0.3) is 0 Å². The number of thiophene rings is 1. The van der Waals surface area contributed by atoms with Gasteiger partial charge in [-0.25, -0.2) is 4.79 Å². The van der Waals surface area contributed by atoms with Crippen molar-refractivity contribution in [3.63, 3.8) is 0 Å². The standard InChI is InChI=1S/C14H11Br2NO3S/c1-7-8(14(19)20-2)4-3-5-10(7)17-13(18)11-6-9(15)12(16)21-11/h3-6H,1-2H3,(H,17,18). The third-order valence-electron chi connectivity index (χ3n) is 2.86. The van der Waals surface area contributed by atoms with E-state index in [-0.39, 0.29) is 5.91 Å². The lowest BCUT2D eigenvalue weighted by atomic mass is 10.1. The number of carbonyl (C=O) groups is 2. The van der Waals surface area contributed by atoms with E-state index in [1.54, 1.807) is 31.2 Å². The quantitative estimate of drug-likeness (QED) is 0.720. The summed E-state index contributed by atoms with van der Waals surface area (Å²) >= 11 is 8.03. The zero-order valence-electron chi connectivity index (χ0n) is 11.2. The van der Waals surface area contributed by atoms with Crippen molar-refractivity contribution >= 4 is 60.8 Å². The Bertz CT molecular complexity index is 693. The highest BCUT2D eigenvalue weighted by atomic mass is 79.9. The zero-order valence-corrected chi connectivity index (χ0v) is 15.2. The van der Waals surface area contributed by atoms with Crippen molar-refractivity contribution in [2.45, 2.75) is 6.92 Å². The largest absolute Gasteiger partial charge is 0.465 e. The number of amides is 1. The second-order valence-electron chi connectivity index (χ2n) is 4.16. The lowest BCUT2D eigenvalue weighted by molar-refractivity contribution is 0.0599. The Labute approximate surface area is 142 Å². The maximum atomic E-state index is 12.2. The third kappa shape index (κ3) is 3.53. The van der Waals surface area contributed by atoms with E-state index in [1.165, 1.54) is 18.4 Å². The Hall–Kier alpha value is -1.18. The SMILES string of the molecule is COC(=O)c1cccc(NC(=O)c2cc(Br)c(Br)s2)c1C. The van der Waals surface area contributed by atoms with Gasteiger partial charge in [-0.3, -0.25) is 4.79 Å². The van der Waals surface area contributed by atoms with Gasteiger partial charge in [0.15, 0.2) is 0 Å². The fourth-order valence-electron chi connectivity index (χ4n) is 1.74. The topological polar surface area (TPSA) is 55.4 Å². The fourth-order valence-corrected chi connectivity index (χ4v) is 3.68. The molecule has 0 fully saturated rings. The first-order chi connectivity index (χ1) is 9.93. The normalized spacial score (nSPS) is 10.3. The molecule has 2 aromatic rings. The second kappa shape index (κ2) is 6.72. The molecule has 1 N–H and O–H groups in total. The highest BCUT2D eigenvalue weighted by Gasteiger charge is 2.16. The van der Waals surface area contributed by atoms with E-state index in [9.17, 15) is 9.59 Å². The number of nitrogens with one attached hydrogen (secondary N) is 1. The summed E-state index contributed by atoms with van der Waals surface area (Å²) < 4.78 is 6.40. The average Bonchev–Trinajstić information content (AvgIpc) is 2.80. The van der Waals surface area contributed by atoms with Crippen LogP contribution in [0, 0.1) is 6.92 Å². The molecule has 2 rings (SSSR count). The summed E-state index contributed by atoms with van der Waals surface area (Å²) in [6.45, 7) is 1.77. The molecule has 4 nitrogen and oxygen atoms in total. The molecule has 110 valence electrons. The van der Waals surface area contributed by atoms with E-state index in [1.807, 2.05) is 0 Å². The second-order valence-corrected chi connectivity index (χ2v) is 7.38. The van der Waals surface area contributed by atoms with Crippen LogP contribution in [0.2, 0.25) is 0 Å². The molecule has 0 aliphatic rings. The Balaban J connectivity index is 2.27. The van der Waals surface area contributed by atoms with Crippen molar-refractivity contribution in [1.82, 2.24) is 0 Å². The first kappa shape index (κ1) is 16.2. The van der Waals surface area contributed by atoms with Gasteiger partial charge in [0.05, 0.1) is 21.3 Å². The van der Waals surface area contributed by atoms with Crippen molar-refractivity contribution in [3.05, 3.63) is 48.5 Å². The minimum Gasteiger partial charge on any atom is -0.465 e. The number of anilines is 1. The molecule has 7 heteroatoms. The molecule has 0 saturated heterocycles. The van der Waals surface area contributed by atoms with Gasteiger partial charge in [-0.05, 0) is 62.5 Å². The molecule has 0 spiro atoms. The monoisotopic (exact) mass is 431 g/mol.